The molecule has 1 rings (SSSR count). The predicted molar refractivity (Wildman–Crippen MR) is 45.6 cm³/mol. The molecule has 0 fully saturated rings. The van der Waals surface area contributed by atoms with E-state index in [9.17, 15) is 4.79 Å². The van der Waals surface area contributed by atoms with E-state index in [1.807, 2.05) is 13.8 Å². The van der Waals surface area contributed by atoms with Gasteiger partial charge in [-0.15, -0.1) is 0 Å². The molecule has 0 unspecified atom stereocenters. The first-order chi connectivity index (χ1) is 5.30. The first-order valence-electron chi connectivity index (χ1n) is 3.71. The fourth-order valence-electron chi connectivity index (χ4n) is 0.571. The normalized spacial score (nSPS) is 7.91. The summed E-state index contributed by atoms with van der Waals surface area (Å²) < 4.78 is 0. The number of nitrogens with zero attached hydrogens (tertiary/aromatic N) is 1. The van der Waals surface area contributed by atoms with Crippen LogP contribution in [0, 0.1) is 0 Å². The van der Waals surface area contributed by atoms with Gasteiger partial charge in [0.25, 0.3) is 0 Å². The first kappa shape index (κ1) is 9.82. The van der Waals surface area contributed by atoms with Crippen molar-refractivity contribution in [1.29, 1.82) is 0 Å². The monoisotopic (exact) mass is 151 g/mol. The van der Waals surface area contributed by atoms with Crippen LogP contribution in [0.2, 0.25) is 0 Å². The summed E-state index contributed by atoms with van der Waals surface area (Å²) in [5.41, 5.74) is 0.664. The Morgan fingerprint density at radius 3 is 2.36 bits per heavy atom. The minimum absolute atomic E-state index is 0.0584. The van der Waals surface area contributed by atoms with Crippen molar-refractivity contribution in [3.63, 3.8) is 0 Å². The Hall–Kier alpha value is -1.18. The summed E-state index contributed by atoms with van der Waals surface area (Å²) in [6.07, 6.45) is 3.20. The summed E-state index contributed by atoms with van der Waals surface area (Å²) in [5.74, 6) is 0.0584. The molecule has 0 aliphatic carbocycles. The Labute approximate surface area is 67.3 Å². The van der Waals surface area contributed by atoms with E-state index in [0.717, 1.165) is 0 Å². The van der Waals surface area contributed by atoms with E-state index >= 15 is 0 Å². The molecule has 2 nitrogen and oxygen atoms in total. The molecule has 0 amide bonds. The third kappa shape index (κ3) is 3.50. The van der Waals surface area contributed by atoms with E-state index in [0.29, 0.717) is 5.56 Å². The maximum atomic E-state index is 10.6. The molecule has 0 atom stereocenters. The molecule has 0 N–H and O–H groups in total. The van der Waals surface area contributed by atoms with E-state index in [-0.39, 0.29) is 5.78 Å². The molecule has 60 valence electrons. The van der Waals surface area contributed by atoms with Crippen LogP contribution in [0.5, 0.6) is 0 Å². The van der Waals surface area contributed by atoms with Crippen molar-refractivity contribution in [1.82, 2.24) is 4.98 Å². The van der Waals surface area contributed by atoms with Gasteiger partial charge in [-0.2, -0.15) is 0 Å². The van der Waals surface area contributed by atoms with Crippen molar-refractivity contribution < 1.29 is 4.79 Å². The van der Waals surface area contributed by atoms with Crippen LogP contribution >= 0.6 is 0 Å². The molecular weight excluding hydrogens is 138 g/mol. The molecule has 0 bridgehead atoms. The summed E-state index contributed by atoms with van der Waals surface area (Å²) >= 11 is 0. The van der Waals surface area contributed by atoms with Gasteiger partial charge < -0.3 is 0 Å². The van der Waals surface area contributed by atoms with E-state index < -0.39 is 0 Å². The maximum Gasteiger partial charge on any atom is 0.161 e. The second kappa shape index (κ2) is 5.59. The highest BCUT2D eigenvalue weighted by molar-refractivity contribution is 5.93. The lowest BCUT2D eigenvalue weighted by atomic mass is 10.2. The van der Waals surface area contributed by atoms with E-state index in [2.05, 4.69) is 4.98 Å². The van der Waals surface area contributed by atoms with E-state index in [1.165, 1.54) is 6.92 Å². The van der Waals surface area contributed by atoms with Crippen LogP contribution in [0.1, 0.15) is 31.1 Å². The summed E-state index contributed by atoms with van der Waals surface area (Å²) in [6.45, 7) is 5.52. The molecule has 0 aromatic carbocycles. The maximum absolute atomic E-state index is 10.6. The molecule has 11 heavy (non-hydrogen) atoms. The molecule has 0 spiro atoms. The third-order valence-corrected chi connectivity index (χ3v) is 1.07. The van der Waals surface area contributed by atoms with Gasteiger partial charge in [0.1, 0.15) is 0 Å². The Kier molecular flexibility index (Phi) is 4.99. The van der Waals surface area contributed by atoms with Crippen molar-refractivity contribution >= 4 is 5.78 Å². The van der Waals surface area contributed by atoms with Gasteiger partial charge in [-0.25, -0.2) is 0 Å². The minimum Gasteiger partial charge on any atom is -0.294 e. The van der Waals surface area contributed by atoms with Gasteiger partial charge in [0.05, 0.1) is 0 Å². The van der Waals surface area contributed by atoms with Crippen molar-refractivity contribution in [3.05, 3.63) is 30.1 Å². The minimum atomic E-state index is 0.0584. The fraction of sp³-hybridized carbons (Fsp3) is 0.333. The van der Waals surface area contributed by atoms with Crippen molar-refractivity contribution in [2.24, 2.45) is 0 Å². The number of hydrogen-bond donors (Lipinski definition) is 0. The van der Waals surface area contributed by atoms with Crippen LogP contribution in [0.15, 0.2) is 24.5 Å². The topological polar surface area (TPSA) is 30.0 Å². The van der Waals surface area contributed by atoms with Gasteiger partial charge in [0.15, 0.2) is 5.78 Å². The Balaban J connectivity index is 0.000000461. The SMILES string of the molecule is CC.CC(=O)c1cccnc1. The highest BCUT2D eigenvalue weighted by Gasteiger charge is 1.93. The number of aromatic nitrogens is 1. The number of Topliss-reactive ketones (excluding diaryl/α,β-unsaturated/α-hetero) is 1. The number of hydrogen-bond acceptors (Lipinski definition) is 2. The van der Waals surface area contributed by atoms with E-state index in [1.54, 1.807) is 24.5 Å². The van der Waals surface area contributed by atoms with Gasteiger partial charge in [0.2, 0.25) is 0 Å². The van der Waals surface area contributed by atoms with Crippen LogP contribution in [0.4, 0.5) is 0 Å². The molecule has 1 aromatic heterocycles. The summed E-state index contributed by atoms with van der Waals surface area (Å²) in [7, 11) is 0. The highest BCUT2D eigenvalue weighted by Crippen LogP contribution is 1.94. The molecule has 0 saturated carbocycles. The highest BCUT2D eigenvalue weighted by atomic mass is 16.1. The lowest BCUT2D eigenvalue weighted by molar-refractivity contribution is 0.101. The third-order valence-electron chi connectivity index (χ3n) is 1.07. The van der Waals surface area contributed by atoms with Crippen LogP contribution in [-0.2, 0) is 0 Å². The Bertz CT molecular complexity index is 206. The van der Waals surface area contributed by atoms with Gasteiger partial charge in [-0.3, -0.25) is 9.78 Å². The van der Waals surface area contributed by atoms with E-state index in [4.69, 9.17) is 0 Å². The average molecular weight is 151 g/mol. The number of rotatable bonds is 1. The zero-order chi connectivity index (χ0) is 8.69. The number of pyridine rings is 1. The van der Waals surface area contributed by atoms with Gasteiger partial charge in [0, 0.05) is 18.0 Å². The second-order valence-corrected chi connectivity index (χ2v) is 1.80. The van der Waals surface area contributed by atoms with Crippen molar-refractivity contribution in [2.45, 2.75) is 20.8 Å². The predicted octanol–water partition coefficient (Wildman–Crippen LogP) is 2.31. The van der Waals surface area contributed by atoms with Crippen molar-refractivity contribution in [3.8, 4) is 0 Å². The Morgan fingerprint density at radius 1 is 1.45 bits per heavy atom. The summed E-state index contributed by atoms with van der Waals surface area (Å²) in [4.78, 5) is 14.4. The van der Waals surface area contributed by atoms with Gasteiger partial charge >= 0.3 is 0 Å². The van der Waals surface area contributed by atoms with Crippen LogP contribution in [0.25, 0.3) is 0 Å². The molecule has 1 heterocycles. The zero-order valence-corrected chi connectivity index (χ0v) is 7.16. The molecule has 1 aromatic rings. The standard InChI is InChI=1S/C7H7NO.C2H6/c1-6(9)7-3-2-4-8-5-7;1-2/h2-5H,1H3;1-2H3. The number of carbonyl (C=O) groups excluding carboxylic acids is 1. The molecule has 0 radical (unpaired) electrons. The lowest BCUT2D eigenvalue weighted by Crippen LogP contribution is -1.90. The number of ketones is 1. The lowest BCUT2D eigenvalue weighted by Gasteiger charge is -1.88. The molecule has 0 aliphatic heterocycles. The van der Waals surface area contributed by atoms with Crippen LogP contribution < -0.4 is 0 Å². The smallest absolute Gasteiger partial charge is 0.161 e. The zero-order valence-electron chi connectivity index (χ0n) is 7.16. The number of carbonyl (C=O) groups is 1. The molecule has 0 saturated heterocycles. The largest absolute Gasteiger partial charge is 0.294 e. The van der Waals surface area contributed by atoms with Crippen LogP contribution in [0.3, 0.4) is 0 Å². The summed E-state index contributed by atoms with van der Waals surface area (Å²) in [5, 5.41) is 0. The second-order valence-electron chi connectivity index (χ2n) is 1.80. The molecule has 0 aliphatic rings. The average Bonchev–Trinajstić information content (AvgIpc) is 2.10. The molecule has 2 heteroatoms. The van der Waals surface area contributed by atoms with Gasteiger partial charge in [-0.1, -0.05) is 13.8 Å². The first-order valence-corrected chi connectivity index (χ1v) is 3.71. The van der Waals surface area contributed by atoms with Crippen LogP contribution in [-0.4, -0.2) is 10.8 Å². The van der Waals surface area contributed by atoms with Gasteiger partial charge in [-0.05, 0) is 19.1 Å². The fourth-order valence-corrected chi connectivity index (χ4v) is 0.571. The van der Waals surface area contributed by atoms with Crippen molar-refractivity contribution in [2.75, 3.05) is 0 Å². The quantitative estimate of drug-likeness (QED) is 0.576. The Morgan fingerprint density at radius 2 is 2.09 bits per heavy atom. The molecular formula is C9H13NO. The summed E-state index contributed by atoms with van der Waals surface area (Å²) in [6, 6.07) is 3.49.